The van der Waals surface area contributed by atoms with Crippen LogP contribution in [0.2, 0.25) is 0 Å². The number of hydrogen-bond donors (Lipinski definition) is 1. The molecular weight excluding hydrogens is 436 g/mol. The first-order valence-electron chi connectivity index (χ1n) is 10.8. The topological polar surface area (TPSA) is 90.2 Å². The van der Waals surface area contributed by atoms with E-state index < -0.39 is 5.92 Å². The Morgan fingerprint density at radius 1 is 0.941 bits per heavy atom. The molecule has 34 heavy (non-hydrogen) atoms. The molecule has 0 spiro atoms. The van der Waals surface area contributed by atoms with Gasteiger partial charge in [0, 0.05) is 35.9 Å². The van der Waals surface area contributed by atoms with E-state index in [1.54, 1.807) is 43.4 Å². The molecule has 0 bridgehead atoms. The van der Waals surface area contributed by atoms with Gasteiger partial charge in [-0.25, -0.2) is 0 Å². The SMILES string of the molecule is COc1ccc(OC)c(N2CC(C(=O)Nc3cc4oc5ccccc5c4cc3OC)CC2=O)c1. The van der Waals surface area contributed by atoms with Gasteiger partial charge in [-0.1, -0.05) is 18.2 Å². The van der Waals surface area contributed by atoms with Crippen molar-refractivity contribution in [3.05, 3.63) is 54.6 Å². The molecule has 2 amide bonds. The number of fused-ring (bicyclic) bond motifs is 3. The predicted octanol–water partition coefficient (Wildman–Crippen LogP) is 4.60. The maximum atomic E-state index is 13.2. The number of rotatable bonds is 6. The lowest BCUT2D eigenvalue weighted by atomic mass is 10.1. The Hall–Kier alpha value is -4.20. The van der Waals surface area contributed by atoms with E-state index in [9.17, 15) is 9.59 Å². The van der Waals surface area contributed by atoms with Gasteiger partial charge in [0.25, 0.3) is 0 Å². The van der Waals surface area contributed by atoms with Gasteiger partial charge in [0.2, 0.25) is 11.8 Å². The molecule has 1 aliphatic rings. The van der Waals surface area contributed by atoms with E-state index in [1.165, 1.54) is 7.11 Å². The minimum atomic E-state index is -0.542. The van der Waals surface area contributed by atoms with Crippen LogP contribution in [0.25, 0.3) is 21.9 Å². The molecule has 1 fully saturated rings. The number of anilines is 2. The van der Waals surface area contributed by atoms with Crippen LogP contribution in [0.3, 0.4) is 0 Å². The second kappa shape index (κ2) is 8.62. The summed E-state index contributed by atoms with van der Waals surface area (Å²) in [7, 11) is 4.64. The molecule has 174 valence electrons. The van der Waals surface area contributed by atoms with Crippen LogP contribution in [0.4, 0.5) is 11.4 Å². The van der Waals surface area contributed by atoms with Gasteiger partial charge in [-0.15, -0.1) is 0 Å². The molecule has 3 aromatic carbocycles. The lowest BCUT2D eigenvalue weighted by Crippen LogP contribution is -2.28. The summed E-state index contributed by atoms with van der Waals surface area (Å²) in [6, 6.07) is 16.6. The molecule has 8 nitrogen and oxygen atoms in total. The quantitative estimate of drug-likeness (QED) is 0.452. The Morgan fingerprint density at radius 2 is 1.74 bits per heavy atom. The van der Waals surface area contributed by atoms with Gasteiger partial charge in [-0.2, -0.15) is 0 Å². The number of hydrogen-bond acceptors (Lipinski definition) is 6. The monoisotopic (exact) mass is 460 g/mol. The summed E-state index contributed by atoms with van der Waals surface area (Å²) in [5.41, 5.74) is 2.46. The number of methoxy groups -OCH3 is 3. The standard InChI is InChI=1S/C26H24N2O6/c1-31-16-8-9-22(32-2)20(11-16)28-14-15(10-25(28)29)26(30)27-19-13-23-18(12-24(19)33-3)17-6-4-5-7-21(17)34-23/h4-9,11-13,15H,10,14H2,1-3H3,(H,27,30). The Bertz CT molecular complexity index is 1410. The maximum absolute atomic E-state index is 13.2. The zero-order valence-corrected chi connectivity index (χ0v) is 19.1. The number of ether oxygens (including phenoxy) is 3. The highest BCUT2D eigenvalue weighted by Crippen LogP contribution is 2.38. The highest BCUT2D eigenvalue weighted by molar-refractivity contribution is 6.09. The summed E-state index contributed by atoms with van der Waals surface area (Å²) < 4.78 is 22.2. The van der Waals surface area contributed by atoms with E-state index in [0.29, 0.717) is 34.2 Å². The molecule has 1 aliphatic heterocycles. The summed E-state index contributed by atoms with van der Waals surface area (Å²) in [5.74, 6) is 0.674. The smallest absolute Gasteiger partial charge is 0.229 e. The van der Waals surface area contributed by atoms with Crippen molar-refractivity contribution in [1.29, 1.82) is 0 Å². The van der Waals surface area contributed by atoms with Gasteiger partial charge in [0.15, 0.2) is 0 Å². The Balaban J connectivity index is 1.41. The molecule has 0 saturated carbocycles. The van der Waals surface area contributed by atoms with Crippen molar-refractivity contribution in [2.75, 3.05) is 38.1 Å². The predicted molar refractivity (Wildman–Crippen MR) is 129 cm³/mol. The van der Waals surface area contributed by atoms with E-state index in [4.69, 9.17) is 18.6 Å². The Kier molecular flexibility index (Phi) is 5.49. The van der Waals surface area contributed by atoms with Crippen LogP contribution < -0.4 is 24.4 Å². The molecule has 8 heteroatoms. The summed E-state index contributed by atoms with van der Waals surface area (Å²) in [6.45, 7) is 0.226. The van der Waals surface area contributed by atoms with Gasteiger partial charge >= 0.3 is 0 Å². The van der Waals surface area contributed by atoms with Gasteiger partial charge < -0.3 is 28.8 Å². The number of amides is 2. The summed E-state index contributed by atoms with van der Waals surface area (Å²) in [5, 5.41) is 4.80. The lowest BCUT2D eigenvalue weighted by molar-refractivity contribution is -0.122. The number of nitrogens with one attached hydrogen (secondary N) is 1. The molecule has 0 radical (unpaired) electrons. The van der Waals surface area contributed by atoms with Crippen molar-refractivity contribution in [3.8, 4) is 17.2 Å². The van der Waals surface area contributed by atoms with Crippen molar-refractivity contribution < 1.29 is 28.2 Å². The fraction of sp³-hybridized carbons (Fsp3) is 0.231. The van der Waals surface area contributed by atoms with Crippen molar-refractivity contribution in [3.63, 3.8) is 0 Å². The minimum absolute atomic E-state index is 0.0847. The molecular formula is C26H24N2O6. The van der Waals surface area contributed by atoms with Gasteiger partial charge in [-0.3, -0.25) is 9.59 Å². The molecule has 1 N–H and O–H groups in total. The van der Waals surface area contributed by atoms with E-state index in [1.807, 2.05) is 30.3 Å². The molecule has 0 aliphatic carbocycles. The second-order valence-corrected chi connectivity index (χ2v) is 8.08. The van der Waals surface area contributed by atoms with Crippen LogP contribution in [0.5, 0.6) is 17.2 Å². The molecule has 5 rings (SSSR count). The van der Waals surface area contributed by atoms with Crippen LogP contribution in [0.15, 0.2) is 59.0 Å². The number of furan rings is 1. The number of carbonyl (C=O) groups excluding carboxylic acids is 2. The van der Waals surface area contributed by atoms with Crippen LogP contribution in [0.1, 0.15) is 6.42 Å². The van der Waals surface area contributed by atoms with Crippen molar-refractivity contribution >= 4 is 45.1 Å². The summed E-state index contributed by atoms with van der Waals surface area (Å²) >= 11 is 0. The second-order valence-electron chi connectivity index (χ2n) is 8.08. The third-order valence-corrected chi connectivity index (χ3v) is 6.13. The van der Waals surface area contributed by atoms with Crippen LogP contribution in [-0.2, 0) is 9.59 Å². The Labute approximate surface area is 196 Å². The minimum Gasteiger partial charge on any atom is -0.497 e. The Morgan fingerprint density at radius 3 is 2.50 bits per heavy atom. The van der Waals surface area contributed by atoms with E-state index >= 15 is 0 Å². The highest BCUT2D eigenvalue weighted by Gasteiger charge is 2.37. The average molecular weight is 460 g/mol. The third-order valence-electron chi connectivity index (χ3n) is 6.13. The zero-order valence-electron chi connectivity index (χ0n) is 19.1. The van der Waals surface area contributed by atoms with Crippen molar-refractivity contribution in [1.82, 2.24) is 0 Å². The normalized spacial score (nSPS) is 15.7. The molecule has 1 unspecified atom stereocenters. The fourth-order valence-electron chi connectivity index (χ4n) is 4.38. The summed E-state index contributed by atoms with van der Waals surface area (Å²) in [6.07, 6.45) is 0.0847. The number of para-hydroxylation sites is 1. The fourth-order valence-corrected chi connectivity index (χ4v) is 4.38. The largest absolute Gasteiger partial charge is 0.497 e. The van der Waals surface area contributed by atoms with Gasteiger partial charge in [0.05, 0.1) is 38.6 Å². The van der Waals surface area contributed by atoms with Crippen molar-refractivity contribution in [2.45, 2.75) is 6.42 Å². The molecule has 1 atom stereocenters. The van der Waals surface area contributed by atoms with Crippen LogP contribution >= 0.6 is 0 Å². The maximum Gasteiger partial charge on any atom is 0.229 e. The van der Waals surface area contributed by atoms with E-state index in [-0.39, 0.29) is 24.8 Å². The van der Waals surface area contributed by atoms with Gasteiger partial charge in [0.1, 0.15) is 28.4 Å². The van der Waals surface area contributed by atoms with E-state index in [0.717, 1.165) is 16.4 Å². The molecule has 2 heterocycles. The third kappa shape index (κ3) is 3.67. The number of benzene rings is 3. The molecule has 4 aromatic rings. The zero-order chi connectivity index (χ0) is 23.8. The van der Waals surface area contributed by atoms with E-state index in [2.05, 4.69) is 5.32 Å². The lowest BCUT2D eigenvalue weighted by Gasteiger charge is -2.20. The van der Waals surface area contributed by atoms with Crippen LogP contribution in [0, 0.1) is 5.92 Å². The molecule has 1 saturated heterocycles. The number of nitrogens with zero attached hydrogens (tertiary/aromatic N) is 1. The summed E-state index contributed by atoms with van der Waals surface area (Å²) in [4.78, 5) is 27.5. The first kappa shape index (κ1) is 21.6. The molecule has 1 aromatic heterocycles. The first-order valence-corrected chi connectivity index (χ1v) is 10.8. The van der Waals surface area contributed by atoms with Crippen LogP contribution in [-0.4, -0.2) is 39.7 Å². The highest BCUT2D eigenvalue weighted by atomic mass is 16.5. The van der Waals surface area contributed by atoms with Gasteiger partial charge in [-0.05, 0) is 24.3 Å². The average Bonchev–Trinajstić information content (AvgIpc) is 3.42. The number of carbonyl (C=O) groups is 2. The first-order chi connectivity index (χ1) is 16.5. The van der Waals surface area contributed by atoms with Crippen molar-refractivity contribution in [2.24, 2.45) is 5.92 Å².